The molecule has 1 atom stereocenters. The molecular weight excluding hydrogens is 164 g/mol. The number of rotatable bonds is 2. The van der Waals surface area contributed by atoms with Gasteiger partial charge in [-0.2, -0.15) is 0 Å². The first-order chi connectivity index (χ1) is 5.61. The number of nitrogens with two attached hydrogens (primary N) is 1. The average molecular weight is 173 g/mol. The van der Waals surface area contributed by atoms with Gasteiger partial charge in [0, 0.05) is 24.0 Å². The third-order valence-electron chi connectivity index (χ3n) is 1.41. The summed E-state index contributed by atoms with van der Waals surface area (Å²) in [4.78, 5) is 6.92. The third kappa shape index (κ3) is 1.94. The molecule has 2 N–H and O–H groups in total. The van der Waals surface area contributed by atoms with Crippen LogP contribution in [0.5, 0.6) is 0 Å². The third-order valence-corrected chi connectivity index (χ3v) is 1.41. The summed E-state index contributed by atoms with van der Waals surface area (Å²) in [7, 11) is 0. The van der Waals surface area contributed by atoms with E-state index in [1.807, 2.05) is 0 Å². The monoisotopic (exact) mass is 173 g/mol. The van der Waals surface area contributed by atoms with E-state index in [2.05, 4.69) is 9.97 Å². The lowest BCUT2D eigenvalue weighted by Crippen LogP contribution is -2.07. The predicted molar refractivity (Wildman–Crippen MR) is 39.6 cm³/mol. The highest BCUT2D eigenvalue weighted by Crippen LogP contribution is 2.14. The summed E-state index contributed by atoms with van der Waals surface area (Å²) in [5, 5.41) is 0. The van der Waals surface area contributed by atoms with E-state index in [0.717, 1.165) is 0 Å². The summed E-state index contributed by atoms with van der Waals surface area (Å²) in [6.45, 7) is 1.74. The van der Waals surface area contributed by atoms with Crippen LogP contribution in [0.1, 0.15) is 30.8 Å². The minimum Gasteiger partial charge on any atom is -0.324 e. The zero-order valence-corrected chi connectivity index (χ0v) is 6.54. The molecule has 1 rings (SSSR count). The van der Waals surface area contributed by atoms with Crippen LogP contribution in [0.25, 0.3) is 0 Å². The Hall–Kier alpha value is -1.10. The maximum atomic E-state index is 11.9. The first-order valence-electron chi connectivity index (χ1n) is 3.47. The molecule has 0 saturated carbocycles. The number of hydrogen-bond donors (Lipinski definition) is 1. The van der Waals surface area contributed by atoms with Gasteiger partial charge in [-0.05, 0) is 6.92 Å². The summed E-state index contributed by atoms with van der Waals surface area (Å²) < 4.78 is 23.9. The quantitative estimate of drug-likeness (QED) is 0.736. The van der Waals surface area contributed by atoms with Crippen LogP contribution in [-0.2, 0) is 0 Å². The summed E-state index contributed by atoms with van der Waals surface area (Å²) in [6.07, 6.45) is 0.0188. The molecule has 5 heteroatoms. The fraction of sp³-hybridized carbons (Fsp3) is 0.429. The van der Waals surface area contributed by atoms with E-state index in [-0.39, 0.29) is 6.04 Å². The number of alkyl halides is 2. The molecular formula is C7H9F2N3. The van der Waals surface area contributed by atoms with Crippen LogP contribution in [0.15, 0.2) is 12.4 Å². The normalized spacial score (nSPS) is 13.4. The Morgan fingerprint density at radius 3 is 2.17 bits per heavy atom. The van der Waals surface area contributed by atoms with Crippen molar-refractivity contribution in [1.29, 1.82) is 0 Å². The van der Waals surface area contributed by atoms with Crippen molar-refractivity contribution in [2.75, 3.05) is 0 Å². The number of aromatic nitrogens is 2. The van der Waals surface area contributed by atoms with Gasteiger partial charge in [-0.3, -0.25) is 0 Å². The maximum absolute atomic E-state index is 11.9. The Morgan fingerprint density at radius 2 is 1.83 bits per heavy atom. The van der Waals surface area contributed by atoms with E-state index in [9.17, 15) is 8.78 Å². The van der Waals surface area contributed by atoms with Crippen molar-refractivity contribution in [1.82, 2.24) is 9.97 Å². The zero-order valence-electron chi connectivity index (χ0n) is 6.54. The van der Waals surface area contributed by atoms with Gasteiger partial charge >= 0.3 is 0 Å². The van der Waals surface area contributed by atoms with Crippen LogP contribution in [0, 0.1) is 0 Å². The van der Waals surface area contributed by atoms with Crippen LogP contribution in [0.2, 0.25) is 0 Å². The van der Waals surface area contributed by atoms with Gasteiger partial charge in [0.25, 0.3) is 6.43 Å². The molecule has 1 aromatic rings. The first-order valence-corrected chi connectivity index (χ1v) is 3.47. The van der Waals surface area contributed by atoms with E-state index < -0.39 is 12.2 Å². The molecule has 66 valence electrons. The second kappa shape index (κ2) is 3.53. The van der Waals surface area contributed by atoms with E-state index in [4.69, 9.17) is 5.73 Å². The lowest BCUT2D eigenvalue weighted by atomic mass is 10.2. The van der Waals surface area contributed by atoms with E-state index in [1.54, 1.807) is 6.92 Å². The SMILES string of the molecule is C[C@H](N)c1cnc(C(F)F)nc1. The summed E-state index contributed by atoms with van der Waals surface area (Å²) >= 11 is 0. The first kappa shape index (κ1) is 8.99. The predicted octanol–water partition coefficient (Wildman–Crippen LogP) is 1.43. The number of halogens is 2. The van der Waals surface area contributed by atoms with Gasteiger partial charge in [-0.25, -0.2) is 18.7 Å². The van der Waals surface area contributed by atoms with E-state index in [1.165, 1.54) is 12.4 Å². The van der Waals surface area contributed by atoms with Crippen molar-refractivity contribution in [2.45, 2.75) is 19.4 Å². The molecule has 0 bridgehead atoms. The second-order valence-electron chi connectivity index (χ2n) is 2.46. The van der Waals surface area contributed by atoms with Crippen molar-refractivity contribution in [3.8, 4) is 0 Å². The highest BCUT2D eigenvalue weighted by Gasteiger charge is 2.10. The van der Waals surface area contributed by atoms with Crippen molar-refractivity contribution >= 4 is 0 Å². The molecule has 0 amide bonds. The minimum atomic E-state index is -2.62. The number of nitrogens with zero attached hydrogens (tertiary/aromatic N) is 2. The lowest BCUT2D eigenvalue weighted by Gasteiger charge is -2.04. The highest BCUT2D eigenvalue weighted by atomic mass is 19.3. The Labute approximate surface area is 68.6 Å². The Balaban J connectivity index is 2.86. The Morgan fingerprint density at radius 1 is 1.33 bits per heavy atom. The molecule has 3 nitrogen and oxygen atoms in total. The molecule has 1 heterocycles. The zero-order chi connectivity index (χ0) is 9.14. The molecule has 0 aliphatic carbocycles. The van der Waals surface area contributed by atoms with Crippen molar-refractivity contribution in [2.24, 2.45) is 5.73 Å². The fourth-order valence-corrected chi connectivity index (χ4v) is 0.696. The molecule has 0 aliphatic rings. The van der Waals surface area contributed by atoms with Crippen LogP contribution < -0.4 is 5.73 Å². The standard InChI is InChI=1S/C7H9F2N3/c1-4(10)5-2-11-7(6(8)9)12-3-5/h2-4,6H,10H2,1H3/t4-/m0/s1. The molecule has 0 fully saturated rings. The van der Waals surface area contributed by atoms with Gasteiger partial charge in [0.2, 0.25) is 0 Å². The topological polar surface area (TPSA) is 51.8 Å². The van der Waals surface area contributed by atoms with Gasteiger partial charge in [0.05, 0.1) is 0 Å². The summed E-state index contributed by atoms with van der Waals surface area (Å²) in [5.74, 6) is -0.459. The minimum absolute atomic E-state index is 0.225. The van der Waals surface area contributed by atoms with Gasteiger partial charge in [0.15, 0.2) is 5.82 Å². The average Bonchev–Trinajstić information content (AvgIpc) is 2.04. The summed E-state index contributed by atoms with van der Waals surface area (Å²) in [6, 6.07) is -0.225. The summed E-state index contributed by atoms with van der Waals surface area (Å²) in [5.41, 5.74) is 6.12. The maximum Gasteiger partial charge on any atom is 0.297 e. The molecule has 0 saturated heterocycles. The fourth-order valence-electron chi connectivity index (χ4n) is 0.696. The van der Waals surface area contributed by atoms with Gasteiger partial charge in [-0.1, -0.05) is 0 Å². The molecule has 0 spiro atoms. The number of hydrogen-bond acceptors (Lipinski definition) is 3. The van der Waals surface area contributed by atoms with E-state index in [0.29, 0.717) is 5.56 Å². The van der Waals surface area contributed by atoms with Gasteiger partial charge in [0.1, 0.15) is 0 Å². The van der Waals surface area contributed by atoms with Crippen LogP contribution >= 0.6 is 0 Å². The van der Waals surface area contributed by atoms with Crippen LogP contribution in [-0.4, -0.2) is 9.97 Å². The van der Waals surface area contributed by atoms with Crippen LogP contribution in [0.3, 0.4) is 0 Å². The van der Waals surface area contributed by atoms with Gasteiger partial charge in [-0.15, -0.1) is 0 Å². The van der Waals surface area contributed by atoms with Gasteiger partial charge < -0.3 is 5.73 Å². The smallest absolute Gasteiger partial charge is 0.297 e. The molecule has 0 aliphatic heterocycles. The Bertz CT molecular complexity index is 218. The van der Waals surface area contributed by atoms with Crippen molar-refractivity contribution in [3.05, 3.63) is 23.8 Å². The Kier molecular flexibility index (Phi) is 2.65. The highest BCUT2D eigenvalue weighted by molar-refractivity contribution is 5.09. The van der Waals surface area contributed by atoms with E-state index >= 15 is 0 Å². The van der Waals surface area contributed by atoms with Crippen LogP contribution in [0.4, 0.5) is 8.78 Å². The van der Waals surface area contributed by atoms with Crippen molar-refractivity contribution < 1.29 is 8.78 Å². The molecule has 12 heavy (non-hydrogen) atoms. The molecule has 0 aromatic carbocycles. The lowest BCUT2D eigenvalue weighted by molar-refractivity contribution is 0.140. The largest absolute Gasteiger partial charge is 0.324 e. The molecule has 1 aromatic heterocycles. The van der Waals surface area contributed by atoms with Crippen molar-refractivity contribution in [3.63, 3.8) is 0 Å². The molecule has 0 radical (unpaired) electrons. The molecule has 0 unspecified atom stereocenters. The second-order valence-corrected chi connectivity index (χ2v) is 2.46.